The number of hydrogen-bond acceptors (Lipinski definition) is 2. The Bertz CT molecular complexity index is 405. The van der Waals surface area contributed by atoms with Crippen molar-refractivity contribution in [3.05, 3.63) is 30.3 Å². The van der Waals surface area contributed by atoms with E-state index in [1.165, 1.54) is 0 Å². The monoisotopic (exact) mass is 249 g/mol. The lowest BCUT2D eigenvalue weighted by Gasteiger charge is -2.30. The Morgan fingerprint density at radius 3 is 2.76 bits per heavy atom. The van der Waals surface area contributed by atoms with Crippen LogP contribution in [0, 0.1) is 0 Å². The second-order valence-corrected chi connectivity index (χ2v) is 4.33. The van der Waals surface area contributed by atoms with E-state index in [2.05, 4.69) is 11.3 Å². The molecule has 1 atom stereocenters. The molecule has 0 fully saturated rings. The number of carbonyl (C=O) groups excluding carboxylic acids is 1. The van der Waals surface area contributed by atoms with Gasteiger partial charge in [0.2, 0.25) is 0 Å². The van der Waals surface area contributed by atoms with Crippen molar-refractivity contribution >= 4 is 29.5 Å². The lowest BCUT2D eigenvalue weighted by atomic mass is 10.1. The van der Waals surface area contributed by atoms with Gasteiger partial charge in [-0.05, 0) is 12.8 Å². The average Bonchev–Trinajstić information content (AvgIpc) is 2.73. The minimum Gasteiger partial charge on any atom is -0.438 e. The number of unbranched alkanes of at least 4 members (excludes halogenated alkanes) is 1. The highest BCUT2D eigenvalue weighted by Crippen LogP contribution is 2.22. The highest BCUT2D eigenvalue weighted by molar-refractivity contribution is 6.17. The van der Waals surface area contributed by atoms with Gasteiger partial charge in [0.1, 0.15) is 0 Å². The smallest absolute Gasteiger partial charge is 0.164 e. The van der Waals surface area contributed by atoms with Crippen LogP contribution in [0.1, 0.15) is 19.3 Å². The van der Waals surface area contributed by atoms with E-state index in [1.807, 2.05) is 35.2 Å². The second-order valence-electron chi connectivity index (χ2n) is 3.96. The molecule has 0 saturated heterocycles. The third kappa shape index (κ3) is 2.86. The van der Waals surface area contributed by atoms with Gasteiger partial charge in [0.15, 0.2) is 5.91 Å². The third-order valence-electron chi connectivity index (χ3n) is 2.76. The van der Waals surface area contributed by atoms with Gasteiger partial charge in [-0.15, -0.1) is 11.6 Å². The summed E-state index contributed by atoms with van der Waals surface area (Å²) in [4.78, 5) is 17.2. The molecule has 1 amide bonds. The molecule has 1 heterocycles. The van der Waals surface area contributed by atoms with Crippen LogP contribution < -0.4 is 4.90 Å². The number of alkyl halides is 1. The fraction of sp³-hybridized carbons (Fsp3) is 0.385. The van der Waals surface area contributed by atoms with Crippen LogP contribution in [0.4, 0.5) is 5.69 Å². The maximum atomic E-state index is 11.6. The maximum Gasteiger partial charge on any atom is 0.164 e. The van der Waals surface area contributed by atoms with E-state index in [0.29, 0.717) is 5.88 Å². The summed E-state index contributed by atoms with van der Waals surface area (Å²) in [7, 11) is 0. The van der Waals surface area contributed by atoms with E-state index < -0.39 is 0 Å². The predicted octanol–water partition coefficient (Wildman–Crippen LogP) is 2.72. The number of aliphatic imine (C=N–C) groups is 1. The quantitative estimate of drug-likeness (QED) is 0.457. The molecule has 4 heteroatoms. The van der Waals surface area contributed by atoms with Crippen LogP contribution in [0.2, 0.25) is 0 Å². The number of carbonyl (C=O) groups is 1. The first kappa shape index (κ1) is 12.1. The average molecular weight is 250 g/mol. The number of benzene rings is 1. The van der Waals surface area contributed by atoms with E-state index >= 15 is 0 Å². The molecule has 1 unspecified atom stereocenters. The zero-order valence-electron chi connectivity index (χ0n) is 9.47. The first-order chi connectivity index (χ1) is 8.33. The van der Waals surface area contributed by atoms with Gasteiger partial charge < -0.3 is 14.7 Å². The lowest BCUT2D eigenvalue weighted by Crippen LogP contribution is -2.34. The van der Waals surface area contributed by atoms with Crippen LogP contribution in [-0.4, -0.2) is 24.2 Å². The summed E-state index contributed by atoms with van der Waals surface area (Å²) in [6, 6.07) is 9.53. The molecule has 90 valence electrons. The standard InChI is InChI=1S/C13H14ClN2O/c14-9-5-4-8-12-13(17)15-10-16(12)11-6-2-1-3-7-11/h1-3,6-7,12H,4-5,8-9H2/q-1. The summed E-state index contributed by atoms with van der Waals surface area (Å²) < 4.78 is 0. The molecule has 1 aliphatic heterocycles. The van der Waals surface area contributed by atoms with Gasteiger partial charge in [-0.2, -0.15) is 0 Å². The molecule has 0 bridgehead atoms. The number of hydrogen-bond donors (Lipinski definition) is 0. The zero-order chi connectivity index (χ0) is 12.1. The maximum absolute atomic E-state index is 11.6. The van der Waals surface area contributed by atoms with E-state index in [0.717, 1.165) is 24.9 Å². The predicted molar refractivity (Wildman–Crippen MR) is 69.7 cm³/mol. The van der Waals surface area contributed by atoms with Crippen LogP contribution in [-0.2, 0) is 4.79 Å². The Morgan fingerprint density at radius 2 is 2.06 bits per heavy atom. The van der Waals surface area contributed by atoms with Crippen molar-refractivity contribution in [2.75, 3.05) is 10.8 Å². The SMILES string of the molecule is O=C1N=[C-]N(c2ccccc2)C1CCCCCl. The van der Waals surface area contributed by atoms with Gasteiger partial charge in [-0.1, -0.05) is 42.4 Å². The normalized spacial score (nSPS) is 19.0. The molecular formula is C13H14ClN2O-. The Labute approximate surface area is 106 Å². The fourth-order valence-electron chi connectivity index (χ4n) is 1.87. The minimum absolute atomic E-state index is 0.108. The topological polar surface area (TPSA) is 32.7 Å². The number of anilines is 1. The molecule has 3 nitrogen and oxygen atoms in total. The molecular weight excluding hydrogens is 236 g/mol. The molecule has 1 aromatic carbocycles. The summed E-state index contributed by atoms with van der Waals surface area (Å²) in [5, 5.41) is 0. The molecule has 0 N–H and O–H groups in total. The number of amides is 1. The molecule has 0 aliphatic carbocycles. The number of halogens is 1. The second kappa shape index (κ2) is 5.82. The Hall–Kier alpha value is -1.35. The van der Waals surface area contributed by atoms with E-state index in [-0.39, 0.29) is 11.9 Å². The van der Waals surface area contributed by atoms with Crippen LogP contribution in [0.25, 0.3) is 0 Å². The van der Waals surface area contributed by atoms with Crippen LogP contribution >= 0.6 is 11.6 Å². The van der Waals surface area contributed by atoms with Gasteiger partial charge in [0.05, 0.1) is 0 Å². The number of nitrogens with zero attached hydrogens (tertiary/aromatic N) is 2. The highest BCUT2D eigenvalue weighted by Gasteiger charge is 2.20. The molecule has 0 saturated carbocycles. The summed E-state index contributed by atoms with van der Waals surface area (Å²) in [6.07, 6.45) is 5.41. The van der Waals surface area contributed by atoms with Crippen molar-refractivity contribution in [3.8, 4) is 0 Å². The first-order valence-electron chi connectivity index (χ1n) is 5.73. The molecule has 0 radical (unpaired) electrons. The number of para-hydroxylation sites is 1. The minimum atomic E-state index is -0.208. The van der Waals surface area contributed by atoms with Crippen LogP contribution in [0.15, 0.2) is 35.3 Å². The van der Waals surface area contributed by atoms with Crippen molar-refractivity contribution in [1.29, 1.82) is 0 Å². The molecule has 2 rings (SSSR count). The molecule has 0 spiro atoms. The van der Waals surface area contributed by atoms with Gasteiger partial charge in [-0.25, -0.2) is 0 Å². The molecule has 1 aliphatic rings. The largest absolute Gasteiger partial charge is 0.438 e. The fourth-order valence-corrected chi connectivity index (χ4v) is 2.06. The zero-order valence-corrected chi connectivity index (χ0v) is 10.2. The summed E-state index contributed by atoms with van der Waals surface area (Å²) >= 11 is 5.64. The molecule has 1 aromatic rings. The summed E-state index contributed by atoms with van der Waals surface area (Å²) in [5.41, 5.74) is 0.956. The Balaban J connectivity index is 2.06. The molecule has 0 aromatic heterocycles. The van der Waals surface area contributed by atoms with Gasteiger partial charge in [0.25, 0.3) is 0 Å². The highest BCUT2D eigenvalue weighted by atomic mass is 35.5. The van der Waals surface area contributed by atoms with Gasteiger partial charge in [0, 0.05) is 18.3 Å². The third-order valence-corrected chi connectivity index (χ3v) is 3.03. The van der Waals surface area contributed by atoms with Gasteiger partial charge >= 0.3 is 0 Å². The van der Waals surface area contributed by atoms with Crippen LogP contribution in [0.5, 0.6) is 0 Å². The van der Waals surface area contributed by atoms with Crippen LogP contribution in [0.3, 0.4) is 0 Å². The van der Waals surface area contributed by atoms with Gasteiger partial charge in [-0.3, -0.25) is 0 Å². The van der Waals surface area contributed by atoms with Crippen molar-refractivity contribution in [1.82, 2.24) is 0 Å². The van der Waals surface area contributed by atoms with Crippen molar-refractivity contribution < 1.29 is 4.79 Å². The Kier molecular flexibility index (Phi) is 4.15. The molecule has 17 heavy (non-hydrogen) atoms. The van der Waals surface area contributed by atoms with Crippen molar-refractivity contribution in [2.24, 2.45) is 4.99 Å². The number of rotatable bonds is 5. The lowest BCUT2D eigenvalue weighted by molar-refractivity contribution is -0.118. The van der Waals surface area contributed by atoms with Crippen molar-refractivity contribution in [3.63, 3.8) is 0 Å². The van der Waals surface area contributed by atoms with Crippen molar-refractivity contribution in [2.45, 2.75) is 25.3 Å². The summed E-state index contributed by atoms with van der Waals surface area (Å²) in [5.74, 6) is 0.528. The van der Waals surface area contributed by atoms with E-state index in [9.17, 15) is 4.79 Å². The summed E-state index contributed by atoms with van der Waals surface area (Å²) in [6.45, 7) is 0. The van der Waals surface area contributed by atoms with E-state index in [1.54, 1.807) is 0 Å². The van der Waals surface area contributed by atoms with E-state index in [4.69, 9.17) is 11.6 Å². The Morgan fingerprint density at radius 1 is 1.29 bits per heavy atom. The first-order valence-corrected chi connectivity index (χ1v) is 6.27.